The Labute approximate surface area is 161 Å². The van der Waals surface area contributed by atoms with Crippen LogP contribution in [-0.2, 0) is 20.3 Å². The van der Waals surface area contributed by atoms with Gasteiger partial charge in [-0.2, -0.15) is 0 Å². The van der Waals surface area contributed by atoms with E-state index in [1.165, 1.54) is 0 Å². The van der Waals surface area contributed by atoms with E-state index in [0.717, 1.165) is 12.5 Å². The Morgan fingerprint density at radius 2 is 1.88 bits per heavy atom. The first kappa shape index (κ1) is 20.7. The van der Waals surface area contributed by atoms with E-state index in [1.54, 1.807) is 24.3 Å². The van der Waals surface area contributed by atoms with Crippen molar-refractivity contribution in [1.82, 2.24) is 5.09 Å². The highest BCUT2D eigenvalue weighted by atomic mass is 35.5. The fourth-order valence-corrected chi connectivity index (χ4v) is 3.26. The molecule has 0 radical (unpaired) electrons. The quantitative estimate of drug-likeness (QED) is 0.467. The van der Waals surface area contributed by atoms with E-state index >= 15 is 0 Å². The van der Waals surface area contributed by atoms with Gasteiger partial charge in [-0.3, -0.25) is 14.4 Å². The highest BCUT2D eigenvalue weighted by molar-refractivity contribution is 7.51. The number of hydrogen-bond donors (Lipinski definition) is 2. The van der Waals surface area contributed by atoms with E-state index < -0.39 is 13.7 Å². The number of hydrogen-bond acceptors (Lipinski definition) is 4. The molecule has 0 fully saturated rings. The molecule has 26 heavy (non-hydrogen) atoms. The molecule has 0 bridgehead atoms. The minimum Gasteiger partial charge on any atom is -0.457 e. The molecule has 0 heterocycles. The van der Waals surface area contributed by atoms with Gasteiger partial charge in [0.25, 0.3) is 0 Å². The Morgan fingerprint density at radius 1 is 1.15 bits per heavy atom. The van der Waals surface area contributed by atoms with Gasteiger partial charge in [-0.05, 0) is 42.7 Å². The van der Waals surface area contributed by atoms with Gasteiger partial charge in [0.05, 0.1) is 16.7 Å². The summed E-state index contributed by atoms with van der Waals surface area (Å²) in [5, 5.41) is 2.73. The van der Waals surface area contributed by atoms with Gasteiger partial charge in [0.15, 0.2) is 0 Å². The van der Waals surface area contributed by atoms with Crippen LogP contribution in [0.3, 0.4) is 0 Å². The maximum absolute atomic E-state index is 11.5. The lowest BCUT2D eigenvalue weighted by molar-refractivity contribution is -0.117. The standard InChI is InChI=1S/C17H18Cl2NO5P/c1-12(21)20-26(22,23)24-9-3-5-13-4-2-6-14(10-13)25-15-7-8-16(18)17(19)11-15/h2,4,6-8,10-11H,3,5,9H2,1H3,(H2,20,21,22,23). The van der Waals surface area contributed by atoms with Gasteiger partial charge in [0.2, 0.25) is 5.91 Å². The van der Waals surface area contributed by atoms with Gasteiger partial charge in [-0.15, -0.1) is 0 Å². The molecular weight excluding hydrogens is 400 g/mol. The lowest BCUT2D eigenvalue weighted by atomic mass is 10.1. The number of aryl methyl sites for hydroxylation is 1. The van der Waals surface area contributed by atoms with Crippen molar-refractivity contribution in [3.8, 4) is 11.5 Å². The summed E-state index contributed by atoms with van der Waals surface area (Å²) >= 11 is 11.8. The van der Waals surface area contributed by atoms with E-state index in [1.807, 2.05) is 23.3 Å². The first-order chi connectivity index (χ1) is 12.2. The third-order valence-corrected chi connectivity index (χ3v) is 5.07. The summed E-state index contributed by atoms with van der Waals surface area (Å²) in [6.07, 6.45) is 1.11. The highest BCUT2D eigenvalue weighted by Gasteiger charge is 2.19. The average molecular weight is 418 g/mol. The van der Waals surface area contributed by atoms with Crippen molar-refractivity contribution in [3.05, 3.63) is 58.1 Å². The summed E-state index contributed by atoms with van der Waals surface area (Å²) in [5.41, 5.74) is 0.971. The van der Waals surface area contributed by atoms with Gasteiger partial charge in [-0.1, -0.05) is 35.3 Å². The second-order valence-electron chi connectivity index (χ2n) is 5.45. The van der Waals surface area contributed by atoms with E-state index in [9.17, 15) is 14.3 Å². The van der Waals surface area contributed by atoms with Crippen molar-refractivity contribution in [1.29, 1.82) is 0 Å². The van der Waals surface area contributed by atoms with Crippen LogP contribution >= 0.6 is 30.9 Å². The molecule has 0 saturated heterocycles. The smallest absolute Gasteiger partial charge is 0.432 e. The van der Waals surface area contributed by atoms with Gasteiger partial charge in [-0.25, -0.2) is 4.57 Å². The van der Waals surface area contributed by atoms with Crippen molar-refractivity contribution >= 4 is 36.9 Å². The number of carbonyl (C=O) groups is 1. The monoisotopic (exact) mass is 417 g/mol. The predicted molar refractivity (Wildman–Crippen MR) is 101 cm³/mol. The Bertz CT molecular complexity index is 831. The zero-order valence-electron chi connectivity index (χ0n) is 13.9. The topological polar surface area (TPSA) is 84.9 Å². The number of benzene rings is 2. The summed E-state index contributed by atoms with van der Waals surface area (Å²) in [6.45, 7) is 1.18. The zero-order chi connectivity index (χ0) is 19.2. The van der Waals surface area contributed by atoms with Crippen LogP contribution < -0.4 is 9.82 Å². The molecule has 2 N–H and O–H groups in total. The van der Waals surface area contributed by atoms with Crippen molar-refractivity contribution in [2.75, 3.05) is 6.61 Å². The van der Waals surface area contributed by atoms with Crippen LogP contribution in [0, 0.1) is 0 Å². The SMILES string of the molecule is CC(=O)NP(=O)(O)OCCCc1cccc(Oc2ccc(Cl)c(Cl)c2)c1. The second-order valence-corrected chi connectivity index (χ2v) is 7.79. The number of rotatable bonds is 8. The lowest BCUT2D eigenvalue weighted by Crippen LogP contribution is -2.18. The number of carbonyl (C=O) groups excluding carboxylic acids is 1. The van der Waals surface area contributed by atoms with Gasteiger partial charge in [0, 0.05) is 13.0 Å². The third kappa shape index (κ3) is 6.98. The highest BCUT2D eigenvalue weighted by Crippen LogP contribution is 2.36. The number of halogens is 2. The largest absolute Gasteiger partial charge is 0.457 e. The summed E-state index contributed by atoms with van der Waals surface area (Å²) in [7, 11) is -4.08. The van der Waals surface area contributed by atoms with Crippen LogP contribution in [0.25, 0.3) is 0 Å². The van der Waals surface area contributed by atoms with Gasteiger partial charge >= 0.3 is 7.75 Å². The molecule has 1 unspecified atom stereocenters. The minimum atomic E-state index is -4.08. The average Bonchev–Trinajstić information content (AvgIpc) is 2.54. The number of ether oxygens (including phenoxy) is 1. The molecular formula is C17H18Cl2NO5P. The fraction of sp³-hybridized carbons (Fsp3) is 0.235. The summed E-state index contributed by atoms with van der Waals surface area (Å²) in [5.74, 6) is 0.576. The molecule has 2 aromatic carbocycles. The number of nitrogens with one attached hydrogen (secondary N) is 1. The maximum Gasteiger partial charge on any atom is 0.432 e. The molecule has 0 aromatic heterocycles. The predicted octanol–water partition coefficient (Wildman–Crippen LogP) is 4.97. The minimum absolute atomic E-state index is 0.0337. The molecule has 6 nitrogen and oxygen atoms in total. The normalized spacial score (nSPS) is 13.1. The molecule has 0 aliphatic rings. The molecule has 1 amide bonds. The Hall–Kier alpha value is -1.56. The Kier molecular flexibility index (Phi) is 7.50. The van der Waals surface area contributed by atoms with Gasteiger partial charge < -0.3 is 9.63 Å². The van der Waals surface area contributed by atoms with Crippen molar-refractivity contribution in [2.24, 2.45) is 0 Å². The molecule has 0 aliphatic heterocycles. The van der Waals surface area contributed by atoms with Crippen LogP contribution in [0.4, 0.5) is 0 Å². The van der Waals surface area contributed by atoms with Crippen LogP contribution in [0.15, 0.2) is 42.5 Å². The van der Waals surface area contributed by atoms with E-state index in [0.29, 0.717) is 34.4 Å². The first-order valence-electron chi connectivity index (χ1n) is 7.73. The Morgan fingerprint density at radius 3 is 2.58 bits per heavy atom. The summed E-state index contributed by atoms with van der Waals surface area (Å²) in [6, 6.07) is 12.4. The molecule has 0 saturated carbocycles. The summed E-state index contributed by atoms with van der Waals surface area (Å²) in [4.78, 5) is 20.2. The molecule has 9 heteroatoms. The third-order valence-electron chi connectivity index (χ3n) is 3.20. The van der Waals surface area contributed by atoms with E-state index in [2.05, 4.69) is 0 Å². The van der Waals surface area contributed by atoms with Crippen molar-refractivity contribution in [2.45, 2.75) is 19.8 Å². The van der Waals surface area contributed by atoms with Crippen LogP contribution in [0.2, 0.25) is 10.0 Å². The summed E-state index contributed by atoms with van der Waals surface area (Å²) < 4.78 is 22.1. The zero-order valence-corrected chi connectivity index (χ0v) is 16.4. The van der Waals surface area contributed by atoms with E-state index in [-0.39, 0.29) is 6.61 Å². The molecule has 0 spiro atoms. The van der Waals surface area contributed by atoms with Gasteiger partial charge in [0.1, 0.15) is 11.5 Å². The number of amides is 1. The molecule has 2 aromatic rings. The first-order valence-corrected chi connectivity index (χ1v) is 10.1. The van der Waals surface area contributed by atoms with E-state index in [4.69, 9.17) is 32.5 Å². The second kappa shape index (κ2) is 9.40. The Balaban J connectivity index is 1.88. The van der Waals surface area contributed by atoms with Crippen LogP contribution in [0.1, 0.15) is 18.9 Å². The molecule has 140 valence electrons. The fourth-order valence-electron chi connectivity index (χ4n) is 2.14. The van der Waals surface area contributed by atoms with Crippen molar-refractivity contribution in [3.63, 3.8) is 0 Å². The molecule has 2 rings (SSSR count). The molecule has 0 aliphatic carbocycles. The van der Waals surface area contributed by atoms with Crippen LogP contribution in [-0.4, -0.2) is 17.4 Å². The lowest BCUT2D eigenvalue weighted by Gasteiger charge is -2.12. The molecule has 1 atom stereocenters. The maximum atomic E-state index is 11.5. The van der Waals surface area contributed by atoms with Crippen molar-refractivity contribution < 1.29 is 23.5 Å². The van der Waals surface area contributed by atoms with Crippen LogP contribution in [0.5, 0.6) is 11.5 Å².